The molecule has 4 rings (SSSR count). The molecule has 9 heteroatoms. The van der Waals surface area contributed by atoms with Crippen LogP contribution in [0.5, 0.6) is 0 Å². The molecule has 8 nitrogen and oxygen atoms in total. The Morgan fingerprint density at radius 3 is 2.47 bits per heavy atom. The maximum Gasteiger partial charge on any atom is 0.328 e. The summed E-state index contributed by atoms with van der Waals surface area (Å²) < 4.78 is 33.0. The maximum atomic E-state index is 13.4. The number of hydrogen-bond acceptors (Lipinski definition) is 6. The van der Waals surface area contributed by atoms with Gasteiger partial charge in [-0.25, -0.2) is 13.2 Å². The number of piperidine rings is 1. The first-order valence-corrected chi connectivity index (χ1v) is 12.1. The van der Waals surface area contributed by atoms with Crippen LogP contribution >= 0.6 is 0 Å². The zero-order valence-electron chi connectivity index (χ0n) is 17.8. The Kier molecular flexibility index (Phi) is 6.21. The molecule has 1 aliphatic heterocycles. The first kappa shape index (κ1) is 22.3. The highest BCUT2D eigenvalue weighted by molar-refractivity contribution is 7.89. The van der Waals surface area contributed by atoms with Gasteiger partial charge in [0.25, 0.3) is 0 Å². The van der Waals surface area contributed by atoms with Gasteiger partial charge < -0.3 is 15.8 Å². The summed E-state index contributed by atoms with van der Waals surface area (Å²) in [6.45, 7) is 0. The van der Waals surface area contributed by atoms with E-state index in [-0.39, 0.29) is 23.3 Å². The molecule has 1 heterocycles. The van der Waals surface area contributed by atoms with Crippen LogP contribution in [0.3, 0.4) is 0 Å². The molecule has 1 saturated heterocycles. The molecule has 2 unspecified atom stereocenters. The number of amides is 1. The molecule has 1 amide bonds. The van der Waals surface area contributed by atoms with E-state index in [0.717, 1.165) is 18.4 Å². The number of nitrogens with one attached hydrogen (secondary N) is 1. The van der Waals surface area contributed by atoms with Gasteiger partial charge in [-0.05, 0) is 55.0 Å². The number of methoxy groups -OCH3 is 1. The lowest BCUT2D eigenvalue weighted by Gasteiger charge is -2.34. The van der Waals surface area contributed by atoms with E-state index in [9.17, 15) is 18.0 Å². The Bertz CT molecular complexity index is 1090. The topological polar surface area (TPSA) is 119 Å². The molecule has 2 fully saturated rings. The predicted molar refractivity (Wildman–Crippen MR) is 119 cm³/mol. The monoisotopic (exact) mass is 457 g/mol. The lowest BCUT2D eigenvalue weighted by atomic mass is 9.98. The minimum atomic E-state index is -3.85. The van der Waals surface area contributed by atoms with E-state index in [1.165, 1.54) is 23.5 Å². The van der Waals surface area contributed by atoms with Crippen molar-refractivity contribution in [3.05, 3.63) is 60.2 Å². The van der Waals surface area contributed by atoms with Gasteiger partial charge >= 0.3 is 5.97 Å². The van der Waals surface area contributed by atoms with Crippen molar-refractivity contribution in [1.29, 1.82) is 0 Å². The van der Waals surface area contributed by atoms with E-state index in [0.29, 0.717) is 12.1 Å². The number of nitrogens with zero attached hydrogens (tertiary/aromatic N) is 1. The molecule has 0 radical (unpaired) electrons. The molecule has 0 aromatic heterocycles. The number of hydrogen-bond donors (Lipinski definition) is 2. The van der Waals surface area contributed by atoms with Crippen LogP contribution in [0.2, 0.25) is 0 Å². The molecule has 0 spiro atoms. The van der Waals surface area contributed by atoms with Crippen LogP contribution < -0.4 is 11.1 Å². The number of rotatable bonds is 7. The zero-order chi connectivity index (χ0) is 22.9. The van der Waals surface area contributed by atoms with Crippen LogP contribution in [0.25, 0.3) is 0 Å². The van der Waals surface area contributed by atoms with Gasteiger partial charge in [0.05, 0.1) is 12.0 Å². The fourth-order valence-electron chi connectivity index (χ4n) is 4.82. The number of nitrogen functional groups attached to an aromatic ring is 1. The molecule has 2 aromatic rings. The fourth-order valence-corrected chi connectivity index (χ4v) is 6.71. The Labute approximate surface area is 187 Å². The maximum absolute atomic E-state index is 13.4. The minimum Gasteiger partial charge on any atom is -0.467 e. The van der Waals surface area contributed by atoms with Crippen LogP contribution in [0.15, 0.2) is 59.5 Å². The Hall–Kier alpha value is -2.91. The highest BCUT2D eigenvalue weighted by atomic mass is 32.2. The molecule has 2 aromatic carbocycles. The van der Waals surface area contributed by atoms with Gasteiger partial charge in [0, 0.05) is 18.2 Å². The lowest BCUT2D eigenvalue weighted by Crippen LogP contribution is -2.56. The number of sulfonamides is 1. The third kappa shape index (κ3) is 4.22. The Balaban J connectivity index is 1.58. The van der Waals surface area contributed by atoms with Crippen molar-refractivity contribution >= 4 is 27.6 Å². The van der Waals surface area contributed by atoms with E-state index in [2.05, 4.69) is 5.32 Å². The van der Waals surface area contributed by atoms with E-state index >= 15 is 0 Å². The molecule has 2 aliphatic rings. The summed E-state index contributed by atoms with van der Waals surface area (Å²) in [5.41, 5.74) is 7.12. The number of fused-ring (bicyclic) bond motifs is 2. The van der Waals surface area contributed by atoms with Crippen molar-refractivity contribution in [3.63, 3.8) is 0 Å². The van der Waals surface area contributed by atoms with Gasteiger partial charge in [-0.3, -0.25) is 4.79 Å². The fraction of sp³-hybridized carbons (Fsp3) is 0.391. The predicted octanol–water partition coefficient (Wildman–Crippen LogP) is 1.71. The van der Waals surface area contributed by atoms with Crippen molar-refractivity contribution in [2.75, 3.05) is 12.8 Å². The van der Waals surface area contributed by atoms with Crippen LogP contribution in [-0.4, -0.2) is 49.8 Å². The molecule has 3 N–H and O–H groups in total. The van der Waals surface area contributed by atoms with Crippen molar-refractivity contribution in [2.24, 2.45) is 5.92 Å². The molecule has 1 aliphatic carbocycles. The number of benzene rings is 2. The van der Waals surface area contributed by atoms with Gasteiger partial charge in [-0.1, -0.05) is 30.3 Å². The third-order valence-electron chi connectivity index (χ3n) is 6.34. The van der Waals surface area contributed by atoms with Crippen molar-refractivity contribution in [2.45, 2.75) is 48.7 Å². The average molecular weight is 458 g/mol. The SMILES string of the molecule is COC(=O)[C@H](Cc1ccc(N)cc1)NC(=O)[C@@H]1C2CCC(C2)N1S(=O)(=O)c1ccccc1. The number of nitrogens with two attached hydrogens (primary N) is 1. The summed E-state index contributed by atoms with van der Waals surface area (Å²) >= 11 is 0. The summed E-state index contributed by atoms with van der Waals surface area (Å²) in [5, 5.41) is 2.76. The minimum absolute atomic E-state index is 0.0756. The van der Waals surface area contributed by atoms with Crippen LogP contribution in [0.4, 0.5) is 5.69 Å². The molecule has 170 valence electrons. The second-order valence-electron chi connectivity index (χ2n) is 8.35. The zero-order valence-corrected chi connectivity index (χ0v) is 18.6. The van der Waals surface area contributed by atoms with Gasteiger partial charge in [-0.15, -0.1) is 0 Å². The summed E-state index contributed by atoms with van der Waals surface area (Å²) in [5.74, 6) is -1.13. The van der Waals surface area contributed by atoms with Gasteiger partial charge in [0.2, 0.25) is 15.9 Å². The highest BCUT2D eigenvalue weighted by Crippen LogP contribution is 2.45. The van der Waals surface area contributed by atoms with Crippen molar-refractivity contribution < 1.29 is 22.7 Å². The van der Waals surface area contributed by atoms with Crippen molar-refractivity contribution in [1.82, 2.24) is 9.62 Å². The van der Waals surface area contributed by atoms with Crippen LogP contribution in [-0.2, 0) is 30.8 Å². The largest absolute Gasteiger partial charge is 0.467 e. The van der Waals surface area contributed by atoms with Gasteiger partial charge in [-0.2, -0.15) is 4.31 Å². The summed E-state index contributed by atoms with van der Waals surface area (Å²) in [6.07, 6.45) is 2.37. The first-order valence-electron chi connectivity index (χ1n) is 10.6. The third-order valence-corrected chi connectivity index (χ3v) is 8.28. The number of esters is 1. The normalized spacial score (nSPS) is 23.6. The molecule has 1 saturated carbocycles. The number of carbonyl (C=O) groups is 2. The Morgan fingerprint density at radius 2 is 1.81 bits per heavy atom. The summed E-state index contributed by atoms with van der Waals surface area (Å²) in [4.78, 5) is 25.9. The molecule has 32 heavy (non-hydrogen) atoms. The highest BCUT2D eigenvalue weighted by Gasteiger charge is 2.54. The quantitative estimate of drug-likeness (QED) is 0.483. The first-order chi connectivity index (χ1) is 15.3. The summed E-state index contributed by atoms with van der Waals surface area (Å²) in [6, 6.07) is 13.1. The smallest absolute Gasteiger partial charge is 0.328 e. The summed E-state index contributed by atoms with van der Waals surface area (Å²) in [7, 11) is -2.59. The lowest BCUT2D eigenvalue weighted by molar-refractivity contribution is -0.145. The molecule has 4 atom stereocenters. The van der Waals surface area contributed by atoms with Crippen LogP contribution in [0.1, 0.15) is 24.8 Å². The van der Waals surface area contributed by atoms with Crippen molar-refractivity contribution in [3.8, 4) is 0 Å². The number of carbonyl (C=O) groups excluding carboxylic acids is 2. The van der Waals surface area contributed by atoms with Crippen LogP contribution in [0, 0.1) is 5.92 Å². The molecular formula is C23H27N3O5S. The second-order valence-corrected chi connectivity index (χ2v) is 10.2. The average Bonchev–Trinajstić information content (AvgIpc) is 3.42. The van der Waals surface area contributed by atoms with E-state index in [1.807, 2.05) is 0 Å². The molecule has 2 bridgehead atoms. The number of ether oxygens (including phenoxy) is 1. The van der Waals surface area contributed by atoms with Gasteiger partial charge in [0.15, 0.2) is 0 Å². The number of anilines is 1. The van der Waals surface area contributed by atoms with E-state index < -0.39 is 34.0 Å². The van der Waals surface area contributed by atoms with E-state index in [4.69, 9.17) is 10.5 Å². The van der Waals surface area contributed by atoms with Gasteiger partial charge in [0.1, 0.15) is 12.1 Å². The Morgan fingerprint density at radius 1 is 1.12 bits per heavy atom. The second kappa shape index (κ2) is 8.91. The molecular weight excluding hydrogens is 430 g/mol. The standard InChI is InChI=1S/C23H27N3O5S/c1-31-23(28)20(13-15-7-10-17(24)11-8-15)25-22(27)21-16-9-12-18(14-16)26(21)32(29,30)19-5-3-2-4-6-19/h2-8,10-11,16,18,20-21H,9,12-14,24H2,1H3,(H,25,27)/t16?,18?,20-,21-/m0/s1. The van der Waals surface area contributed by atoms with E-state index in [1.54, 1.807) is 42.5 Å².